The van der Waals surface area contributed by atoms with Crippen LogP contribution in [0.4, 0.5) is 5.69 Å². The molecule has 0 radical (unpaired) electrons. The van der Waals surface area contributed by atoms with Crippen molar-refractivity contribution in [2.24, 2.45) is 0 Å². The van der Waals surface area contributed by atoms with Gasteiger partial charge in [-0.25, -0.2) is 0 Å². The highest BCUT2D eigenvalue weighted by atomic mass is 32.1. The quantitative estimate of drug-likeness (QED) is 0.589. The molecule has 1 amide bonds. The van der Waals surface area contributed by atoms with Crippen molar-refractivity contribution >= 4 is 28.9 Å². The van der Waals surface area contributed by atoms with Gasteiger partial charge in [0.1, 0.15) is 0 Å². The average Bonchev–Trinajstić information content (AvgIpc) is 2.56. The van der Waals surface area contributed by atoms with E-state index in [2.05, 4.69) is 34.7 Å². The van der Waals surface area contributed by atoms with Crippen molar-refractivity contribution in [2.45, 2.75) is 46.5 Å². The average molecular weight is 356 g/mol. The predicted octanol–water partition coefficient (Wildman–Crippen LogP) is 4.56. The van der Waals surface area contributed by atoms with Crippen LogP contribution in [0.25, 0.3) is 0 Å². The molecule has 2 aromatic rings. The number of carbonyl (C=O) groups is 1. The first-order valence-electron chi connectivity index (χ1n) is 8.64. The van der Waals surface area contributed by atoms with Crippen LogP contribution in [0.1, 0.15) is 53.4 Å². The Bertz CT molecular complexity index is 721. The zero-order valence-corrected chi connectivity index (χ0v) is 15.9. The van der Waals surface area contributed by atoms with Crippen LogP contribution in [-0.4, -0.2) is 16.0 Å². The van der Waals surface area contributed by atoms with E-state index >= 15 is 0 Å². The van der Waals surface area contributed by atoms with E-state index < -0.39 is 0 Å². The molecule has 0 saturated heterocycles. The Balaban J connectivity index is 1.92. The summed E-state index contributed by atoms with van der Waals surface area (Å²) >= 11 is 5.25. The summed E-state index contributed by atoms with van der Waals surface area (Å²) in [7, 11) is 0. The minimum absolute atomic E-state index is 0.239. The first-order valence-corrected chi connectivity index (χ1v) is 9.05. The van der Waals surface area contributed by atoms with Gasteiger partial charge in [-0.1, -0.05) is 31.9 Å². The van der Waals surface area contributed by atoms with E-state index in [0.717, 1.165) is 17.7 Å². The van der Waals surface area contributed by atoms with Gasteiger partial charge >= 0.3 is 0 Å². The Morgan fingerprint density at radius 1 is 1.12 bits per heavy atom. The molecule has 0 aliphatic heterocycles. The van der Waals surface area contributed by atoms with Gasteiger partial charge in [0, 0.05) is 11.9 Å². The molecule has 0 unspecified atom stereocenters. The lowest BCUT2D eigenvalue weighted by Gasteiger charge is -2.12. The lowest BCUT2D eigenvalue weighted by Crippen LogP contribution is -2.35. The van der Waals surface area contributed by atoms with Gasteiger partial charge in [0.2, 0.25) is 0 Å². The number of aromatic nitrogens is 1. The number of thiocarbonyl (C=S) groups is 1. The van der Waals surface area contributed by atoms with Gasteiger partial charge in [-0.3, -0.25) is 15.1 Å². The number of anilines is 1. The molecule has 0 aliphatic rings. The third kappa shape index (κ3) is 5.64. The Hall–Kier alpha value is -2.27. The molecule has 2 N–H and O–H groups in total. The maximum atomic E-state index is 12.4. The van der Waals surface area contributed by atoms with Gasteiger partial charge in [0.25, 0.3) is 5.91 Å². The number of nitrogens with one attached hydrogen (secondary N) is 2. The minimum Gasteiger partial charge on any atom is -0.332 e. The highest BCUT2D eigenvalue weighted by Gasteiger charge is 2.14. The second kappa shape index (κ2) is 9.28. The number of carbonyl (C=O) groups excluding carboxylic acids is 1. The third-order valence-corrected chi connectivity index (χ3v) is 4.29. The summed E-state index contributed by atoms with van der Waals surface area (Å²) in [5.41, 5.74) is 4.32. The number of pyridine rings is 1. The number of nitrogens with zero attached hydrogens (tertiary/aromatic N) is 1. The Morgan fingerprint density at radius 2 is 1.84 bits per heavy atom. The van der Waals surface area contributed by atoms with Gasteiger partial charge < -0.3 is 5.32 Å². The molecule has 0 fully saturated rings. The molecule has 0 atom stereocenters. The van der Waals surface area contributed by atoms with E-state index in [1.54, 1.807) is 6.20 Å². The summed E-state index contributed by atoms with van der Waals surface area (Å²) in [6.45, 7) is 5.91. The van der Waals surface area contributed by atoms with Crippen LogP contribution in [0.2, 0.25) is 0 Å². The van der Waals surface area contributed by atoms with Crippen LogP contribution < -0.4 is 10.6 Å². The zero-order chi connectivity index (χ0) is 18.2. The fraction of sp³-hybridized carbons (Fsp3) is 0.350. The largest absolute Gasteiger partial charge is 0.332 e. The van der Waals surface area contributed by atoms with Crippen molar-refractivity contribution in [3.8, 4) is 0 Å². The van der Waals surface area contributed by atoms with Gasteiger partial charge in [-0.05, 0) is 68.2 Å². The number of hydrogen-bond donors (Lipinski definition) is 2. The summed E-state index contributed by atoms with van der Waals surface area (Å²) in [5, 5.41) is 6.06. The molecule has 0 spiro atoms. The molecular weight excluding hydrogens is 330 g/mol. The number of unbranched alkanes of at least 4 members (excludes halogenated alkanes) is 2. The summed E-state index contributed by atoms with van der Waals surface area (Å²) in [4.78, 5) is 16.6. The molecule has 0 bridgehead atoms. The van der Waals surface area contributed by atoms with E-state index in [0.29, 0.717) is 11.3 Å². The Morgan fingerprint density at radius 3 is 2.48 bits per heavy atom. The van der Waals surface area contributed by atoms with Crippen molar-refractivity contribution < 1.29 is 4.79 Å². The molecule has 132 valence electrons. The normalized spacial score (nSPS) is 10.4. The second-order valence-corrected chi connectivity index (χ2v) is 6.56. The van der Waals surface area contributed by atoms with Gasteiger partial charge in [0.15, 0.2) is 5.11 Å². The highest BCUT2D eigenvalue weighted by Crippen LogP contribution is 2.13. The maximum absolute atomic E-state index is 12.4. The first kappa shape index (κ1) is 19.1. The lowest BCUT2D eigenvalue weighted by atomic mass is 10.1. The van der Waals surface area contributed by atoms with Crippen molar-refractivity contribution in [1.82, 2.24) is 10.3 Å². The van der Waals surface area contributed by atoms with Crippen LogP contribution >= 0.6 is 12.2 Å². The molecule has 25 heavy (non-hydrogen) atoms. The Labute approximate surface area is 155 Å². The third-order valence-electron chi connectivity index (χ3n) is 4.08. The monoisotopic (exact) mass is 355 g/mol. The van der Waals surface area contributed by atoms with E-state index in [4.69, 9.17) is 12.2 Å². The highest BCUT2D eigenvalue weighted by molar-refractivity contribution is 7.80. The topological polar surface area (TPSA) is 54.0 Å². The van der Waals surface area contributed by atoms with Gasteiger partial charge in [0.05, 0.1) is 11.3 Å². The summed E-state index contributed by atoms with van der Waals surface area (Å²) < 4.78 is 0. The smallest absolute Gasteiger partial charge is 0.259 e. The summed E-state index contributed by atoms with van der Waals surface area (Å²) in [5.74, 6) is -0.239. The van der Waals surface area contributed by atoms with Crippen LogP contribution in [0.15, 0.2) is 36.5 Å². The fourth-order valence-electron chi connectivity index (χ4n) is 2.70. The molecular formula is C20H25N3OS. The van der Waals surface area contributed by atoms with Gasteiger partial charge in [-0.2, -0.15) is 0 Å². The SMILES string of the molecule is CCCCCc1ccc(NC(=S)NC(=O)c2c(C)ccnc2C)cc1. The number of rotatable bonds is 6. The maximum Gasteiger partial charge on any atom is 0.259 e. The number of amides is 1. The molecule has 4 nitrogen and oxygen atoms in total. The second-order valence-electron chi connectivity index (χ2n) is 6.15. The predicted molar refractivity (Wildman–Crippen MR) is 107 cm³/mol. The number of aryl methyl sites for hydroxylation is 3. The zero-order valence-electron chi connectivity index (χ0n) is 15.1. The number of benzene rings is 1. The standard InChI is InChI=1S/C20H25N3OS/c1-4-5-6-7-16-8-10-17(11-9-16)22-20(25)23-19(24)18-14(2)12-13-21-15(18)3/h8-13H,4-7H2,1-3H3,(H2,22,23,24,25). The van der Waals surface area contributed by atoms with Crippen molar-refractivity contribution in [2.75, 3.05) is 5.32 Å². The fourth-order valence-corrected chi connectivity index (χ4v) is 2.91. The molecule has 0 aliphatic carbocycles. The van der Waals surface area contributed by atoms with E-state index in [1.807, 2.05) is 32.0 Å². The summed E-state index contributed by atoms with van der Waals surface area (Å²) in [6, 6.07) is 9.98. The Kier molecular flexibility index (Phi) is 7.07. The van der Waals surface area contributed by atoms with E-state index in [1.165, 1.54) is 24.8 Å². The minimum atomic E-state index is -0.239. The first-order chi connectivity index (χ1) is 12.0. The number of hydrogen-bond acceptors (Lipinski definition) is 3. The van der Waals surface area contributed by atoms with Crippen LogP contribution in [0.3, 0.4) is 0 Å². The van der Waals surface area contributed by atoms with Crippen LogP contribution in [0, 0.1) is 13.8 Å². The molecule has 1 aromatic heterocycles. The van der Waals surface area contributed by atoms with Crippen LogP contribution in [0.5, 0.6) is 0 Å². The summed E-state index contributed by atoms with van der Waals surface area (Å²) in [6.07, 6.45) is 6.48. The van der Waals surface area contributed by atoms with Gasteiger partial charge in [-0.15, -0.1) is 0 Å². The molecule has 5 heteroatoms. The lowest BCUT2D eigenvalue weighted by molar-refractivity contribution is 0.0976. The molecule has 2 rings (SSSR count). The van der Waals surface area contributed by atoms with Crippen molar-refractivity contribution in [3.63, 3.8) is 0 Å². The van der Waals surface area contributed by atoms with E-state index in [-0.39, 0.29) is 11.0 Å². The molecule has 1 aromatic carbocycles. The van der Waals surface area contributed by atoms with E-state index in [9.17, 15) is 4.79 Å². The van der Waals surface area contributed by atoms with Crippen molar-refractivity contribution in [3.05, 3.63) is 58.9 Å². The molecule has 1 heterocycles. The van der Waals surface area contributed by atoms with Crippen molar-refractivity contribution in [1.29, 1.82) is 0 Å². The van der Waals surface area contributed by atoms with Crippen LogP contribution in [-0.2, 0) is 6.42 Å². The molecule has 0 saturated carbocycles.